The number of rotatable bonds is 8. The van der Waals surface area contributed by atoms with E-state index < -0.39 is 0 Å². The quantitative estimate of drug-likeness (QED) is 0.112. The van der Waals surface area contributed by atoms with Crippen LogP contribution in [0.15, 0.2) is 270 Å². The van der Waals surface area contributed by atoms with Gasteiger partial charge in [0, 0.05) is 60.5 Å². The van der Waals surface area contributed by atoms with Crippen molar-refractivity contribution in [3.63, 3.8) is 0 Å². The number of benzene rings is 13. The third-order valence-corrected chi connectivity index (χ3v) is 16.0. The van der Waals surface area contributed by atoms with Gasteiger partial charge in [-0.25, -0.2) is 0 Å². The molecule has 16 rings (SSSR count). The van der Waals surface area contributed by atoms with Crippen LogP contribution in [0.5, 0.6) is 0 Å². The van der Waals surface area contributed by atoms with Gasteiger partial charge in [-0.05, 0) is 110 Å². The zero-order chi connectivity index (χ0) is 49.8. The minimum atomic E-state index is 0.00622. The Morgan fingerprint density at radius 2 is 0.750 bits per heavy atom. The summed E-state index contributed by atoms with van der Waals surface area (Å²) in [5.41, 5.74) is 15.0. The lowest BCUT2D eigenvalue weighted by Gasteiger charge is -2.35. The van der Waals surface area contributed by atoms with Gasteiger partial charge in [0.25, 0.3) is 0 Å². The Morgan fingerprint density at radius 1 is 0.329 bits per heavy atom. The molecule has 13 aromatic rings. The standard InChI is InChI=1S/C72H46N2O2/c1-5-27-47(28-6-1)73(48-29-7-2-8-30-48)61-43-59(53-41-21-25-45-23-13-15-35-51(45)53)63-55-37-17-20-40-58(55)70-67-65(63)71(61)75-69-57-39-19-18-38-56(57)64-60(54-42-22-26-46-24-14-16-36-52(46)54)44-62(72(76-70)66(64)68(67)69)74(49-31-9-3-10-32-49)50-33-11-4-12-34-50/h1-33,35-44,50H,34H2. The molecule has 0 N–H and O–H groups in total. The van der Waals surface area contributed by atoms with E-state index in [1.807, 2.05) is 0 Å². The first-order valence-corrected chi connectivity index (χ1v) is 26.3. The van der Waals surface area contributed by atoms with Crippen molar-refractivity contribution in [2.75, 3.05) is 9.80 Å². The largest absolute Gasteiger partial charge is 0.453 e. The van der Waals surface area contributed by atoms with Crippen LogP contribution in [0, 0.1) is 0 Å². The van der Waals surface area contributed by atoms with Crippen LogP contribution in [0.1, 0.15) is 6.42 Å². The van der Waals surface area contributed by atoms with Crippen molar-refractivity contribution in [1.29, 1.82) is 0 Å². The molecule has 3 aliphatic rings. The molecule has 0 saturated carbocycles. The van der Waals surface area contributed by atoms with Gasteiger partial charge >= 0.3 is 0 Å². The van der Waals surface area contributed by atoms with Gasteiger partial charge in [0.2, 0.25) is 0 Å². The van der Waals surface area contributed by atoms with Gasteiger partial charge in [0.15, 0.2) is 11.2 Å². The van der Waals surface area contributed by atoms with E-state index in [4.69, 9.17) is 8.83 Å². The number of hydrogen-bond acceptors (Lipinski definition) is 4. The van der Waals surface area contributed by atoms with E-state index in [9.17, 15) is 0 Å². The van der Waals surface area contributed by atoms with Gasteiger partial charge in [-0.3, -0.25) is 0 Å². The summed E-state index contributed by atoms with van der Waals surface area (Å²) < 4.78 is 16.1. The average molecular weight is 971 g/mol. The predicted molar refractivity (Wildman–Crippen MR) is 320 cm³/mol. The summed E-state index contributed by atoms with van der Waals surface area (Å²) in [6.45, 7) is 0. The third kappa shape index (κ3) is 6.25. The Balaban J connectivity index is 1.18. The number of anilines is 5. The Hall–Kier alpha value is -9.90. The van der Waals surface area contributed by atoms with Gasteiger partial charge in [0.05, 0.1) is 17.4 Å². The molecular formula is C72H46N2O2. The minimum Gasteiger partial charge on any atom is -0.453 e. The molecule has 1 atom stereocenters. The maximum atomic E-state index is 8.04. The summed E-state index contributed by atoms with van der Waals surface area (Å²) in [7, 11) is 0. The third-order valence-electron chi connectivity index (χ3n) is 16.0. The van der Waals surface area contributed by atoms with Crippen molar-refractivity contribution in [2.24, 2.45) is 0 Å². The highest BCUT2D eigenvalue weighted by Gasteiger charge is 2.36. The molecule has 1 aliphatic carbocycles. The predicted octanol–water partition coefficient (Wildman–Crippen LogP) is 20.5. The lowest BCUT2D eigenvalue weighted by atomic mass is 9.80. The SMILES string of the molecule is C1=CCC(N(c2ccccc2)c2cc(-c3cccc4ccccc34)c3c4ccccc4c4oc5c(N(c6ccccc6)c6ccccc6)cc(-c6cccc7ccccc67)c6c7ccccc7c7oc2c3c4-c7c56)C=C1. The fraction of sp³-hybridized carbons (Fsp3) is 0.0278. The monoisotopic (exact) mass is 970 g/mol. The molecule has 13 aromatic carbocycles. The number of fused-ring (bicyclic) bond motifs is 8. The molecular weight excluding hydrogens is 925 g/mol. The smallest absolute Gasteiger partial charge is 0.160 e. The first-order chi connectivity index (χ1) is 37.8. The first-order valence-electron chi connectivity index (χ1n) is 26.3. The van der Waals surface area contributed by atoms with E-state index in [-0.39, 0.29) is 6.04 Å². The van der Waals surface area contributed by atoms with Crippen molar-refractivity contribution < 1.29 is 8.83 Å². The zero-order valence-corrected chi connectivity index (χ0v) is 41.3. The number of allylic oxidation sites excluding steroid dienone is 2. The fourth-order valence-corrected chi connectivity index (χ4v) is 12.9. The fourth-order valence-electron chi connectivity index (χ4n) is 12.9. The van der Waals surface area contributed by atoms with Crippen molar-refractivity contribution in [3.8, 4) is 33.4 Å². The molecule has 0 radical (unpaired) electrons. The van der Waals surface area contributed by atoms with Crippen molar-refractivity contribution in [3.05, 3.63) is 261 Å². The molecule has 0 bridgehead atoms. The molecule has 0 amide bonds. The van der Waals surface area contributed by atoms with Gasteiger partial charge in [0.1, 0.15) is 11.2 Å². The van der Waals surface area contributed by atoms with Crippen LogP contribution in [-0.2, 0) is 0 Å². The van der Waals surface area contributed by atoms with E-state index in [1.54, 1.807) is 0 Å². The molecule has 0 aromatic heterocycles. The molecule has 76 heavy (non-hydrogen) atoms. The molecule has 0 saturated heterocycles. The maximum absolute atomic E-state index is 8.04. The van der Waals surface area contributed by atoms with Gasteiger partial charge in [-0.2, -0.15) is 0 Å². The van der Waals surface area contributed by atoms with Crippen LogP contribution in [0.4, 0.5) is 28.4 Å². The number of hydrogen-bond donors (Lipinski definition) is 0. The summed E-state index contributed by atoms with van der Waals surface area (Å²) in [5.74, 6) is 0. The van der Waals surface area contributed by atoms with Crippen LogP contribution in [0.25, 0.3) is 120 Å². The van der Waals surface area contributed by atoms with E-state index in [0.29, 0.717) is 0 Å². The molecule has 0 spiro atoms. The second-order valence-electron chi connectivity index (χ2n) is 20.1. The first kappa shape index (κ1) is 42.6. The second-order valence-corrected chi connectivity index (χ2v) is 20.1. The Labute approximate surface area is 438 Å². The van der Waals surface area contributed by atoms with Gasteiger partial charge in [-0.1, -0.05) is 212 Å². The summed E-state index contributed by atoms with van der Waals surface area (Å²) >= 11 is 0. The van der Waals surface area contributed by atoms with Crippen molar-refractivity contribution in [1.82, 2.24) is 0 Å². The summed E-state index contributed by atoms with van der Waals surface area (Å²) in [5, 5.41) is 13.4. The number of para-hydroxylation sites is 3. The highest BCUT2D eigenvalue weighted by Crippen LogP contribution is 2.60. The number of nitrogens with zero attached hydrogens (tertiary/aromatic N) is 2. The average Bonchev–Trinajstić information content (AvgIpc) is 3.65. The Bertz CT molecular complexity index is 4750. The lowest BCUT2D eigenvalue weighted by molar-refractivity contribution is 0.649. The molecule has 2 aliphatic heterocycles. The van der Waals surface area contributed by atoms with Gasteiger partial charge in [-0.15, -0.1) is 0 Å². The Kier molecular flexibility index (Phi) is 9.43. The van der Waals surface area contributed by atoms with Crippen molar-refractivity contribution >= 4 is 115 Å². The minimum absolute atomic E-state index is 0.00622. The summed E-state index contributed by atoms with van der Waals surface area (Å²) in [4.78, 5) is 4.87. The van der Waals surface area contributed by atoms with E-state index in [2.05, 4.69) is 271 Å². The molecule has 2 heterocycles. The molecule has 0 fully saturated rings. The Morgan fingerprint density at radius 3 is 1.25 bits per heavy atom. The zero-order valence-electron chi connectivity index (χ0n) is 41.3. The molecule has 1 unspecified atom stereocenters. The van der Waals surface area contributed by atoms with Crippen molar-refractivity contribution in [2.45, 2.75) is 12.5 Å². The van der Waals surface area contributed by atoms with Crippen LogP contribution in [0.2, 0.25) is 0 Å². The lowest BCUT2D eigenvalue weighted by Crippen LogP contribution is -2.30. The van der Waals surface area contributed by atoms with E-state index in [1.165, 1.54) is 21.5 Å². The molecule has 4 nitrogen and oxygen atoms in total. The normalized spacial score (nSPS) is 13.8. The molecule has 356 valence electrons. The molecule has 4 heteroatoms. The van der Waals surface area contributed by atoms with Crippen LogP contribution < -0.4 is 9.80 Å². The van der Waals surface area contributed by atoms with E-state index >= 15 is 0 Å². The highest BCUT2D eigenvalue weighted by atomic mass is 16.3. The van der Waals surface area contributed by atoms with Crippen LogP contribution >= 0.6 is 0 Å². The summed E-state index contributed by atoms with van der Waals surface area (Å²) in [6.07, 6.45) is 9.78. The van der Waals surface area contributed by atoms with Gasteiger partial charge < -0.3 is 18.6 Å². The van der Waals surface area contributed by atoms with Crippen LogP contribution in [-0.4, -0.2) is 6.04 Å². The topological polar surface area (TPSA) is 32.8 Å². The van der Waals surface area contributed by atoms with E-state index in [0.717, 1.165) is 134 Å². The second kappa shape index (κ2) is 16.8. The summed E-state index contributed by atoms with van der Waals surface area (Å²) in [6, 6.07) is 85.8. The maximum Gasteiger partial charge on any atom is 0.160 e. The van der Waals surface area contributed by atoms with Crippen LogP contribution in [0.3, 0.4) is 0 Å². The highest BCUT2D eigenvalue weighted by molar-refractivity contribution is 6.40.